The molecule has 1 aromatic carbocycles. The number of benzene rings is 1. The molecular weight excluding hydrogens is 340 g/mol. The van der Waals surface area contributed by atoms with E-state index in [0.717, 1.165) is 63.7 Å². The third kappa shape index (κ3) is 4.34. The Balaban J connectivity index is 1.23. The van der Waals surface area contributed by atoms with Gasteiger partial charge in [0.05, 0.1) is 5.39 Å². The van der Waals surface area contributed by atoms with Gasteiger partial charge in [-0.3, -0.25) is 9.69 Å². The standard InChI is InChI=1S/C21H24N4O2/c26-19-16-17(27-20-8-2-1-7-18(19)20)6-3-4-11-24-12-14-25(15-13-24)21-22-9-5-10-23-21/h1-2,5,7-10,16H,3-4,6,11-15H2. The number of hydrogen-bond donors (Lipinski definition) is 0. The van der Waals surface area contributed by atoms with Crippen molar-refractivity contribution in [1.29, 1.82) is 0 Å². The maximum Gasteiger partial charge on any atom is 0.225 e. The van der Waals surface area contributed by atoms with Crippen LogP contribution in [0.4, 0.5) is 5.95 Å². The van der Waals surface area contributed by atoms with Crippen LogP contribution >= 0.6 is 0 Å². The zero-order valence-electron chi connectivity index (χ0n) is 15.4. The molecule has 1 aliphatic rings. The van der Waals surface area contributed by atoms with Crippen LogP contribution in [0, 0.1) is 0 Å². The minimum atomic E-state index is 0.0473. The number of fused-ring (bicyclic) bond motifs is 1. The summed E-state index contributed by atoms with van der Waals surface area (Å²) in [6.07, 6.45) is 6.50. The molecule has 27 heavy (non-hydrogen) atoms. The number of anilines is 1. The van der Waals surface area contributed by atoms with Crippen molar-refractivity contribution in [3.8, 4) is 0 Å². The maximum atomic E-state index is 12.1. The van der Waals surface area contributed by atoms with E-state index in [1.165, 1.54) is 0 Å². The average molecular weight is 364 g/mol. The summed E-state index contributed by atoms with van der Waals surface area (Å²) in [5, 5.41) is 0.654. The van der Waals surface area contributed by atoms with Gasteiger partial charge in [-0.05, 0) is 37.6 Å². The molecule has 0 radical (unpaired) electrons. The predicted octanol–water partition coefficient (Wildman–Crippen LogP) is 2.73. The van der Waals surface area contributed by atoms with Gasteiger partial charge in [0, 0.05) is 51.1 Å². The Hall–Kier alpha value is -2.73. The van der Waals surface area contributed by atoms with Gasteiger partial charge in [0.25, 0.3) is 0 Å². The monoisotopic (exact) mass is 364 g/mol. The van der Waals surface area contributed by atoms with E-state index in [9.17, 15) is 4.79 Å². The van der Waals surface area contributed by atoms with E-state index in [0.29, 0.717) is 11.0 Å². The van der Waals surface area contributed by atoms with Crippen molar-refractivity contribution in [2.75, 3.05) is 37.6 Å². The molecule has 4 rings (SSSR count). The Morgan fingerprint density at radius 2 is 1.74 bits per heavy atom. The number of rotatable bonds is 6. The molecule has 140 valence electrons. The van der Waals surface area contributed by atoms with Crippen LogP contribution in [-0.2, 0) is 6.42 Å². The average Bonchev–Trinajstić information content (AvgIpc) is 2.72. The van der Waals surface area contributed by atoms with Crippen LogP contribution in [0.3, 0.4) is 0 Å². The van der Waals surface area contributed by atoms with Crippen LogP contribution in [0.5, 0.6) is 0 Å². The highest BCUT2D eigenvalue weighted by Crippen LogP contribution is 2.14. The topological polar surface area (TPSA) is 62.5 Å². The van der Waals surface area contributed by atoms with Crippen molar-refractivity contribution in [1.82, 2.24) is 14.9 Å². The minimum Gasteiger partial charge on any atom is -0.461 e. The fourth-order valence-electron chi connectivity index (χ4n) is 3.54. The lowest BCUT2D eigenvalue weighted by Crippen LogP contribution is -2.47. The molecule has 0 atom stereocenters. The van der Waals surface area contributed by atoms with Crippen molar-refractivity contribution >= 4 is 16.9 Å². The molecular formula is C21H24N4O2. The first-order valence-corrected chi connectivity index (χ1v) is 9.56. The van der Waals surface area contributed by atoms with Crippen LogP contribution in [-0.4, -0.2) is 47.6 Å². The summed E-state index contributed by atoms with van der Waals surface area (Å²) in [5.41, 5.74) is 0.727. The summed E-state index contributed by atoms with van der Waals surface area (Å²) < 4.78 is 5.86. The van der Waals surface area contributed by atoms with Crippen LogP contribution < -0.4 is 10.3 Å². The number of hydrogen-bond acceptors (Lipinski definition) is 6. The quantitative estimate of drug-likeness (QED) is 0.627. The summed E-state index contributed by atoms with van der Waals surface area (Å²) in [5.74, 6) is 1.60. The van der Waals surface area contributed by atoms with Gasteiger partial charge in [-0.15, -0.1) is 0 Å². The lowest BCUT2D eigenvalue weighted by Gasteiger charge is -2.34. The number of para-hydroxylation sites is 1. The van der Waals surface area contributed by atoms with E-state index in [2.05, 4.69) is 19.8 Å². The molecule has 2 aromatic heterocycles. The Morgan fingerprint density at radius 1 is 0.963 bits per heavy atom. The molecule has 3 heterocycles. The molecule has 3 aromatic rings. The molecule has 6 nitrogen and oxygen atoms in total. The largest absolute Gasteiger partial charge is 0.461 e. The summed E-state index contributed by atoms with van der Waals surface area (Å²) in [7, 11) is 0. The van der Waals surface area contributed by atoms with Crippen molar-refractivity contribution in [2.24, 2.45) is 0 Å². The fraction of sp³-hybridized carbons (Fsp3) is 0.381. The smallest absolute Gasteiger partial charge is 0.225 e. The highest BCUT2D eigenvalue weighted by molar-refractivity contribution is 5.76. The Kier molecular flexibility index (Phi) is 5.44. The van der Waals surface area contributed by atoms with Crippen LogP contribution in [0.1, 0.15) is 18.6 Å². The molecule has 0 amide bonds. The highest BCUT2D eigenvalue weighted by Gasteiger charge is 2.18. The summed E-state index contributed by atoms with van der Waals surface area (Å²) >= 11 is 0. The number of aromatic nitrogens is 2. The molecule has 1 fully saturated rings. The number of piperazine rings is 1. The number of nitrogens with zero attached hydrogens (tertiary/aromatic N) is 4. The lowest BCUT2D eigenvalue weighted by molar-refractivity contribution is 0.251. The Morgan fingerprint density at radius 3 is 2.56 bits per heavy atom. The van der Waals surface area contributed by atoms with Crippen LogP contribution in [0.15, 0.2) is 58.0 Å². The molecule has 0 saturated carbocycles. The van der Waals surface area contributed by atoms with Gasteiger partial charge in [-0.25, -0.2) is 9.97 Å². The van der Waals surface area contributed by atoms with Gasteiger partial charge < -0.3 is 9.32 Å². The Labute approximate surface area is 158 Å². The molecule has 0 bridgehead atoms. The molecule has 6 heteroatoms. The SMILES string of the molecule is O=c1cc(CCCCN2CCN(c3ncccn3)CC2)oc2ccccc12. The first-order valence-electron chi connectivity index (χ1n) is 9.56. The molecule has 0 aliphatic carbocycles. The van der Waals surface area contributed by atoms with E-state index < -0.39 is 0 Å². The molecule has 0 N–H and O–H groups in total. The maximum absolute atomic E-state index is 12.1. The third-order valence-electron chi connectivity index (χ3n) is 5.04. The first-order chi connectivity index (χ1) is 13.3. The second-order valence-electron chi connectivity index (χ2n) is 6.91. The zero-order chi connectivity index (χ0) is 18.5. The predicted molar refractivity (Wildman–Crippen MR) is 106 cm³/mol. The van der Waals surface area contributed by atoms with Crippen LogP contribution in [0.25, 0.3) is 11.0 Å². The van der Waals surface area contributed by atoms with Gasteiger partial charge >= 0.3 is 0 Å². The molecule has 1 aliphatic heterocycles. The van der Waals surface area contributed by atoms with Crippen molar-refractivity contribution in [3.05, 3.63) is 64.8 Å². The van der Waals surface area contributed by atoms with Crippen molar-refractivity contribution < 1.29 is 4.42 Å². The zero-order valence-corrected chi connectivity index (χ0v) is 15.4. The molecule has 0 unspecified atom stereocenters. The summed E-state index contributed by atoms with van der Waals surface area (Å²) in [4.78, 5) is 25.5. The second-order valence-corrected chi connectivity index (χ2v) is 6.91. The normalized spacial score (nSPS) is 15.3. The summed E-state index contributed by atoms with van der Waals surface area (Å²) in [6, 6.07) is 10.9. The molecule has 1 saturated heterocycles. The Bertz CT molecular complexity index is 934. The van der Waals surface area contributed by atoms with E-state index in [-0.39, 0.29) is 5.43 Å². The van der Waals surface area contributed by atoms with Crippen molar-refractivity contribution in [2.45, 2.75) is 19.3 Å². The number of unbranched alkanes of at least 4 members (excludes halogenated alkanes) is 1. The molecule has 0 spiro atoms. The highest BCUT2D eigenvalue weighted by atomic mass is 16.3. The van der Waals surface area contributed by atoms with E-state index in [1.807, 2.05) is 30.3 Å². The van der Waals surface area contributed by atoms with Gasteiger partial charge in [0.2, 0.25) is 5.95 Å². The third-order valence-corrected chi connectivity index (χ3v) is 5.04. The number of aryl methyl sites for hydroxylation is 1. The van der Waals surface area contributed by atoms with Crippen LogP contribution in [0.2, 0.25) is 0 Å². The van der Waals surface area contributed by atoms with Gasteiger partial charge in [-0.2, -0.15) is 0 Å². The van der Waals surface area contributed by atoms with E-state index in [4.69, 9.17) is 4.42 Å². The van der Waals surface area contributed by atoms with E-state index in [1.54, 1.807) is 18.5 Å². The minimum absolute atomic E-state index is 0.0473. The summed E-state index contributed by atoms with van der Waals surface area (Å²) in [6.45, 7) is 5.06. The second kappa shape index (κ2) is 8.31. The van der Waals surface area contributed by atoms with Gasteiger partial charge in [0.1, 0.15) is 11.3 Å². The lowest BCUT2D eigenvalue weighted by atomic mass is 10.1. The van der Waals surface area contributed by atoms with Gasteiger partial charge in [0.15, 0.2) is 5.43 Å². The first kappa shape index (κ1) is 17.7. The fourth-order valence-corrected chi connectivity index (χ4v) is 3.54. The van der Waals surface area contributed by atoms with E-state index >= 15 is 0 Å². The van der Waals surface area contributed by atoms with Crippen molar-refractivity contribution in [3.63, 3.8) is 0 Å². The van der Waals surface area contributed by atoms with Gasteiger partial charge in [-0.1, -0.05) is 12.1 Å².